The third-order valence-corrected chi connectivity index (χ3v) is 5.17. The first-order chi connectivity index (χ1) is 12.9. The van der Waals surface area contributed by atoms with E-state index >= 15 is 0 Å². The molecule has 27 heavy (non-hydrogen) atoms. The van der Waals surface area contributed by atoms with Crippen molar-refractivity contribution in [1.82, 2.24) is 10.2 Å². The Hall–Kier alpha value is -2.63. The number of anilines is 1. The van der Waals surface area contributed by atoms with E-state index in [4.69, 9.17) is 0 Å². The molecule has 0 radical (unpaired) electrons. The fraction of sp³-hybridized carbons (Fsp3) is 0.476. The van der Waals surface area contributed by atoms with E-state index in [0.29, 0.717) is 37.5 Å². The summed E-state index contributed by atoms with van der Waals surface area (Å²) >= 11 is 0. The fourth-order valence-electron chi connectivity index (χ4n) is 3.87. The van der Waals surface area contributed by atoms with Gasteiger partial charge in [-0.2, -0.15) is 0 Å². The van der Waals surface area contributed by atoms with Crippen LogP contribution in [0.15, 0.2) is 30.9 Å². The minimum Gasteiger partial charge on any atom is -0.353 e. The summed E-state index contributed by atoms with van der Waals surface area (Å²) < 4.78 is 0. The number of carbonyl (C=O) groups excluding carboxylic acids is 3. The monoisotopic (exact) mass is 369 g/mol. The molecule has 1 aromatic carbocycles. The highest BCUT2D eigenvalue weighted by molar-refractivity contribution is 6.03. The van der Waals surface area contributed by atoms with E-state index in [0.717, 1.165) is 24.1 Å². The van der Waals surface area contributed by atoms with E-state index < -0.39 is 6.04 Å². The normalized spacial score (nSPS) is 19.5. The molecule has 1 atom stereocenters. The molecule has 144 valence electrons. The molecule has 0 aromatic heterocycles. The average molecular weight is 369 g/mol. The van der Waals surface area contributed by atoms with Crippen molar-refractivity contribution in [3.05, 3.63) is 42.0 Å². The lowest BCUT2D eigenvalue weighted by Crippen LogP contribution is -2.57. The molecule has 1 aromatic rings. The smallest absolute Gasteiger partial charge is 0.254 e. The number of hydrogen-bond donors (Lipinski definition) is 1. The number of aryl methyl sites for hydroxylation is 1. The summed E-state index contributed by atoms with van der Waals surface area (Å²) in [5.41, 5.74) is 2.41. The number of hydrogen-bond acceptors (Lipinski definition) is 3. The van der Waals surface area contributed by atoms with Crippen LogP contribution in [-0.2, 0) is 16.0 Å². The Labute approximate surface area is 160 Å². The molecule has 0 aliphatic carbocycles. The topological polar surface area (TPSA) is 69.7 Å². The summed E-state index contributed by atoms with van der Waals surface area (Å²) in [6.07, 6.45) is 3.64. The van der Waals surface area contributed by atoms with E-state index in [9.17, 15) is 14.4 Å². The zero-order valence-corrected chi connectivity index (χ0v) is 16.0. The highest BCUT2D eigenvalue weighted by Crippen LogP contribution is 2.29. The summed E-state index contributed by atoms with van der Waals surface area (Å²) in [5, 5.41) is 2.86. The molecule has 2 aliphatic heterocycles. The predicted octanol–water partition coefficient (Wildman–Crippen LogP) is 2.14. The molecule has 1 N–H and O–H groups in total. The van der Waals surface area contributed by atoms with Crippen LogP contribution in [0.5, 0.6) is 0 Å². The minimum atomic E-state index is -0.430. The van der Waals surface area contributed by atoms with Crippen molar-refractivity contribution < 1.29 is 14.4 Å². The van der Waals surface area contributed by atoms with Crippen molar-refractivity contribution in [3.63, 3.8) is 0 Å². The number of fused-ring (bicyclic) bond motifs is 1. The number of nitrogens with zero attached hydrogens (tertiary/aromatic N) is 2. The summed E-state index contributed by atoms with van der Waals surface area (Å²) in [4.78, 5) is 40.9. The SMILES string of the molecule is C=CC(=O)N1CCCc2cc(C(=O)N3CCNC(=O)C3CC(C)C)ccc21. The summed E-state index contributed by atoms with van der Waals surface area (Å²) in [5.74, 6) is -0.00892. The molecule has 6 nitrogen and oxygen atoms in total. The van der Waals surface area contributed by atoms with Gasteiger partial charge in [0.2, 0.25) is 11.8 Å². The number of piperazine rings is 1. The Balaban J connectivity index is 1.87. The van der Waals surface area contributed by atoms with E-state index in [1.165, 1.54) is 6.08 Å². The second-order valence-electron chi connectivity index (χ2n) is 7.58. The van der Waals surface area contributed by atoms with Crippen molar-refractivity contribution in [2.45, 2.75) is 39.2 Å². The molecule has 6 heteroatoms. The number of nitrogens with one attached hydrogen (secondary N) is 1. The van der Waals surface area contributed by atoms with Gasteiger partial charge in [0.25, 0.3) is 5.91 Å². The minimum absolute atomic E-state index is 0.0796. The molecule has 0 bridgehead atoms. The van der Waals surface area contributed by atoms with Crippen molar-refractivity contribution in [2.75, 3.05) is 24.5 Å². The number of amides is 3. The molecular weight excluding hydrogens is 342 g/mol. The molecule has 3 rings (SSSR count). The third-order valence-electron chi connectivity index (χ3n) is 5.17. The van der Waals surface area contributed by atoms with E-state index in [1.54, 1.807) is 15.9 Å². The van der Waals surface area contributed by atoms with Crippen LogP contribution in [0.2, 0.25) is 0 Å². The zero-order chi connectivity index (χ0) is 19.6. The fourth-order valence-corrected chi connectivity index (χ4v) is 3.87. The van der Waals surface area contributed by atoms with Gasteiger partial charge in [-0.05, 0) is 55.0 Å². The van der Waals surface area contributed by atoms with E-state index in [-0.39, 0.29) is 17.7 Å². The lowest BCUT2D eigenvalue weighted by atomic mass is 9.96. The molecule has 1 unspecified atom stereocenters. The molecule has 3 amide bonds. The summed E-state index contributed by atoms with van der Waals surface area (Å²) in [7, 11) is 0. The van der Waals surface area contributed by atoms with Crippen LogP contribution in [0, 0.1) is 5.92 Å². The first kappa shape index (κ1) is 19.1. The standard InChI is InChI=1S/C21H27N3O3/c1-4-19(25)23-10-5-6-15-13-16(7-8-17(15)23)21(27)24-11-9-22-20(26)18(24)12-14(2)3/h4,7-8,13-14,18H,1,5-6,9-12H2,2-3H3,(H,22,26). The molecule has 0 saturated carbocycles. The highest BCUT2D eigenvalue weighted by Gasteiger charge is 2.34. The van der Waals surface area contributed by atoms with Gasteiger partial charge < -0.3 is 15.1 Å². The second-order valence-corrected chi connectivity index (χ2v) is 7.58. The third kappa shape index (κ3) is 3.89. The zero-order valence-electron chi connectivity index (χ0n) is 16.0. The van der Waals surface area contributed by atoms with Crippen LogP contribution >= 0.6 is 0 Å². The van der Waals surface area contributed by atoms with Gasteiger partial charge in [-0.1, -0.05) is 20.4 Å². The molecule has 0 spiro atoms. The number of benzene rings is 1. The Morgan fingerprint density at radius 2 is 2.11 bits per heavy atom. The summed E-state index contributed by atoms with van der Waals surface area (Å²) in [6, 6.07) is 5.04. The maximum absolute atomic E-state index is 13.1. The molecule has 1 fully saturated rings. The van der Waals surface area contributed by atoms with Crippen LogP contribution in [0.25, 0.3) is 0 Å². The van der Waals surface area contributed by atoms with Crippen LogP contribution in [0.3, 0.4) is 0 Å². The van der Waals surface area contributed by atoms with Gasteiger partial charge in [-0.3, -0.25) is 14.4 Å². The van der Waals surface area contributed by atoms with Crippen molar-refractivity contribution in [3.8, 4) is 0 Å². The van der Waals surface area contributed by atoms with Gasteiger partial charge in [-0.15, -0.1) is 0 Å². The maximum Gasteiger partial charge on any atom is 0.254 e. The van der Waals surface area contributed by atoms with Crippen molar-refractivity contribution in [1.29, 1.82) is 0 Å². The first-order valence-electron chi connectivity index (χ1n) is 9.58. The largest absolute Gasteiger partial charge is 0.353 e. The van der Waals surface area contributed by atoms with Gasteiger partial charge in [0, 0.05) is 30.9 Å². The van der Waals surface area contributed by atoms with Gasteiger partial charge in [0.05, 0.1) is 0 Å². The second kappa shape index (κ2) is 7.94. The Morgan fingerprint density at radius 1 is 1.33 bits per heavy atom. The van der Waals surface area contributed by atoms with Gasteiger partial charge in [-0.25, -0.2) is 0 Å². The van der Waals surface area contributed by atoms with Gasteiger partial charge in [0.15, 0.2) is 0 Å². The van der Waals surface area contributed by atoms with E-state index in [2.05, 4.69) is 25.7 Å². The average Bonchev–Trinajstić information content (AvgIpc) is 2.67. The maximum atomic E-state index is 13.1. The predicted molar refractivity (Wildman–Crippen MR) is 105 cm³/mol. The van der Waals surface area contributed by atoms with Crippen LogP contribution in [-0.4, -0.2) is 48.3 Å². The quantitative estimate of drug-likeness (QED) is 0.827. The number of carbonyl (C=O) groups is 3. The Bertz CT molecular complexity index is 772. The Kier molecular flexibility index (Phi) is 5.63. The molecule has 1 saturated heterocycles. The molecular formula is C21H27N3O3. The number of rotatable bonds is 4. The van der Waals surface area contributed by atoms with Crippen LogP contribution in [0.4, 0.5) is 5.69 Å². The van der Waals surface area contributed by atoms with Crippen LogP contribution in [0.1, 0.15) is 42.6 Å². The summed E-state index contributed by atoms with van der Waals surface area (Å²) in [6.45, 7) is 9.32. The molecule has 2 aliphatic rings. The van der Waals surface area contributed by atoms with Crippen molar-refractivity contribution >= 4 is 23.4 Å². The van der Waals surface area contributed by atoms with Gasteiger partial charge in [0.1, 0.15) is 6.04 Å². The molecule has 2 heterocycles. The van der Waals surface area contributed by atoms with E-state index in [1.807, 2.05) is 12.1 Å². The first-order valence-corrected chi connectivity index (χ1v) is 9.58. The highest BCUT2D eigenvalue weighted by atomic mass is 16.2. The lowest BCUT2D eigenvalue weighted by molar-refractivity contribution is -0.128. The van der Waals surface area contributed by atoms with Crippen LogP contribution < -0.4 is 10.2 Å². The Morgan fingerprint density at radius 3 is 2.81 bits per heavy atom. The van der Waals surface area contributed by atoms with Gasteiger partial charge >= 0.3 is 0 Å². The van der Waals surface area contributed by atoms with Crippen molar-refractivity contribution in [2.24, 2.45) is 5.92 Å². The lowest BCUT2D eigenvalue weighted by Gasteiger charge is -2.36.